The number of sulfonamides is 1. The van der Waals surface area contributed by atoms with E-state index >= 15 is 0 Å². The average molecular weight is 494 g/mol. The first kappa shape index (κ1) is 23.3. The first-order chi connectivity index (χ1) is 16.9. The number of ether oxygens (including phenoxy) is 1. The molecule has 3 heterocycles. The Hall–Kier alpha value is -3.43. The Morgan fingerprint density at radius 1 is 1.00 bits per heavy atom. The van der Waals surface area contributed by atoms with Crippen molar-refractivity contribution in [1.82, 2.24) is 8.87 Å². The highest BCUT2D eigenvalue weighted by Gasteiger charge is 2.39. The zero-order valence-electron chi connectivity index (χ0n) is 19.4. The van der Waals surface area contributed by atoms with Crippen LogP contribution >= 0.6 is 0 Å². The van der Waals surface area contributed by atoms with Gasteiger partial charge in [-0.2, -0.15) is 4.31 Å². The van der Waals surface area contributed by atoms with Crippen molar-refractivity contribution in [3.8, 4) is 5.75 Å². The molecule has 0 spiro atoms. The minimum absolute atomic E-state index is 0.00450. The molecule has 1 N–H and O–H groups in total. The summed E-state index contributed by atoms with van der Waals surface area (Å²) in [5.74, 6) is 0.254. The molecule has 0 aliphatic carbocycles. The Bertz CT molecular complexity index is 1420. The number of carbonyl (C=O) groups excluding carboxylic acids is 1. The van der Waals surface area contributed by atoms with Crippen molar-refractivity contribution < 1.29 is 17.9 Å². The molecule has 2 aliphatic rings. The molecule has 2 unspecified atom stereocenters. The highest BCUT2D eigenvalue weighted by molar-refractivity contribution is 7.89. The van der Waals surface area contributed by atoms with Crippen LogP contribution in [0.4, 0.5) is 5.69 Å². The van der Waals surface area contributed by atoms with Crippen LogP contribution in [0.25, 0.3) is 0 Å². The number of piperidine rings is 1. The second-order valence-corrected chi connectivity index (χ2v) is 10.9. The van der Waals surface area contributed by atoms with Gasteiger partial charge in [-0.3, -0.25) is 9.59 Å². The molecule has 182 valence electrons. The van der Waals surface area contributed by atoms with E-state index in [0.717, 1.165) is 12.1 Å². The maximum absolute atomic E-state index is 13.4. The van der Waals surface area contributed by atoms with Gasteiger partial charge in [-0.05, 0) is 61.7 Å². The van der Waals surface area contributed by atoms with Gasteiger partial charge in [0.25, 0.3) is 11.5 Å². The minimum Gasteiger partial charge on any atom is -0.493 e. The fraction of sp³-hybridized carbons (Fsp3) is 0.308. The fourth-order valence-electron chi connectivity index (χ4n) is 5.04. The summed E-state index contributed by atoms with van der Waals surface area (Å²) in [4.78, 5) is 25.1. The summed E-state index contributed by atoms with van der Waals surface area (Å²) in [7, 11) is -3.71. The van der Waals surface area contributed by atoms with Gasteiger partial charge >= 0.3 is 0 Å². The van der Waals surface area contributed by atoms with Crippen molar-refractivity contribution in [3.63, 3.8) is 0 Å². The molecule has 2 atom stereocenters. The zero-order chi connectivity index (χ0) is 24.6. The number of para-hydroxylation sites is 1. The Morgan fingerprint density at radius 3 is 2.54 bits per heavy atom. The number of nitrogens with one attached hydrogen (secondary N) is 1. The Labute approximate surface area is 204 Å². The molecule has 1 aromatic heterocycles. The van der Waals surface area contributed by atoms with E-state index in [4.69, 9.17) is 4.74 Å². The molecule has 5 rings (SSSR count). The fourth-order valence-corrected chi connectivity index (χ4v) is 6.60. The highest BCUT2D eigenvalue weighted by Crippen LogP contribution is 2.37. The van der Waals surface area contributed by atoms with Gasteiger partial charge in [0.1, 0.15) is 5.75 Å². The lowest BCUT2D eigenvalue weighted by Gasteiger charge is -2.42. The van der Waals surface area contributed by atoms with Crippen LogP contribution in [-0.2, 0) is 16.6 Å². The molecule has 0 saturated carbocycles. The third-order valence-corrected chi connectivity index (χ3v) is 8.47. The summed E-state index contributed by atoms with van der Waals surface area (Å²) in [6.07, 6.45) is 0.879. The van der Waals surface area contributed by atoms with Crippen molar-refractivity contribution in [2.24, 2.45) is 5.92 Å². The third kappa shape index (κ3) is 4.49. The van der Waals surface area contributed by atoms with E-state index in [0.29, 0.717) is 43.2 Å². The second-order valence-electron chi connectivity index (χ2n) is 8.93. The third-order valence-electron chi connectivity index (χ3n) is 6.63. The quantitative estimate of drug-likeness (QED) is 0.568. The topological polar surface area (TPSA) is 97.7 Å². The summed E-state index contributed by atoms with van der Waals surface area (Å²) in [6, 6.07) is 18.4. The van der Waals surface area contributed by atoms with Gasteiger partial charge in [0.15, 0.2) is 0 Å². The highest BCUT2D eigenvalue weighted by atomic mass is 32.2. The summed E-state index contributed by atoms with van der Waals surface area (Å²) >= 11 is 0. The van der Waals surface area contributed by atoms with Gasteiger partial charge in [0, 0.05) is 43.0 Å². The van der Waals surface area contributed by atoms with E-state index in [1.807, 2.05) is 13.0 Å². The molecule has 2 aliphatic heterocycles. The van der Waals surface area contributed by atoms with Crippen molar-refractivity contribution in [3.05, 3.63) is 88.3 Å². The van der Waals surface area contributed by atoms with Crippen LogP contribution in [0.15, 0.2) is 76.4 Å². The van der Waals surface area contributed by atoms with E-state index in [1.54, 1.807) is 53.1 Å². The summed E-state index contributed by atoms with van der Waals surface area (Å²) in [6.45, 7) is 3.55. The van der Waals surface area contributed by atoms with Crippen LogP contribution < -0.4 is 15.6 Å². The van der Waals surface area contributed by atoms with Crippen molar-refractivity contribution in [2.45, 2.75) is 30.7 Å². The van der Waals surface area contributed by atoms with Crippen LogP contribution in [0.2, 0.25) is 0 Å². The summed E-state index contributed by atoms with van der Waals surface area (Å²) < 4.78 is 35.7. The van der Waals surface area contributed by atoms with E-state index in [9.17, 15) is 18.0 Å². The largest absolute Gasteiger partial charge is 0.493 e. The molecule has 3 aromatic rings. The molecule has 9 heteroatoms. The number of anilines is 1. The lowest BCUT2D eigenvalue weighted by molar-refractivity contribution is 0.102. The molecular weight excluding hydrogens is 466 g/mol. The molecular formula is C26H27N3O5S. The van der Waals surface area contributed by atoms with Gasteiger partial charge in [-0.1, -0.05) is 18.2 Å². The lowest BCUT2D eigenvalue weighted by atomic mass is 9.84. The monoisotopic (exact) mass is 493 g/mol. The predicted molar refractivity (Wildman–Crippen MR) is 132 cm³/mol. The number of benzene rings is 2. The molecule has 1 amide bonds. The average Bonchev–Trinajstić information content (AvgIpc) is 2.85. The predicted octanol–water partition coefficient (Wildman–Crippen LogP) is 3.31. The number of nitrogens with zero attached hydrogens (tertiary/aromatic N) is 2. The number of pyridine rings is 1. The van der Waals surface area contributed by atoms with Crippen LogP contribution in [0.1, 0.15) is 35.3 Å². The van der Waals surface area contributed by atoms with E-state index in [2.05, 4.69) is 5.32 Å². The second kappa shape index (κ2) is 9.31. The first-order valence-corrected chi connectivity index (χ1v) is 13.1. The van der Waals surface area contributed by atoms with Crippen molar-refractivity contribution >= 4 is 21.6 Å². The lowest BCUT2D eigenvalue weighted by Crippen LogP contribution is -2.48. The number of carbonyl (C=O) groups is 1. The van der Waals surface area contributed by atoms with Crippen molar-refractivity contribution in [2.75, 3.05) is 25.0 Å². The smallest absolute Gasteiger partial charge is 0.259 e. The number of fused-ring (bicyclic) bond motifs is 4. The van der Waals surface area contributed by atoms with Gasteiger partial charge in [0.05, 0.1) is 17.1 Å². The number of hydrogen-bond donors (Lipinski definition) is 1. The minimum atomic E-state index is -3.71. The van der Waals surface area contributed by atoms with E-state index < -0.39 is 10.0 Å². The zero-order valence-corrected chi connectivity index (χ0v) is 20.2. The van der Waals surface area contributed by atoms with Crippen molar-refractivity contribution in [1.29, 1.82) is 0 Å². The SMILES string of the molecule is CCOc1ccccc1C(=O)Nc1ccc(S(=O)(=O)N2CC3CC(C2)c2cccc(=O)n2C3)cc1. The molecule has 0 radical (unpaired) electrons. The van der Waals surface area contributed by atoms with Gasteiger partial charge in [0.2, 0.25) is 10.0 Å². The van der Waals surface area contributed by atoms with Crippen LogP contribution in [0.5, 0.6) is 5.75 Å². The maximum atomic E-state index is 13.4. The van der Waals surface area contributed by atoms with Gasteiger partial charge < -0.3 is 14.6 Å². The van der Waals surface area contributed by atoms with Gasteiger partial charge in [-0.25, -0.2) is 8.42 Å². The first-order valence-electron chi connectivity index (χ1n) is 11.7. The normalized spacial score (nSPS) is 19.6. The summed E-state index contributed by atoms with van der Waals surface area (Å²) in [5.41, 5.74) is 1.77. The van der Waals surface area contributed by atoms with Gasteiger partial charge in [-0.15, -0.1) is 0 Å². The Kier molecular flexibility index (Phi) is 6.21. The standard InChI is InChI=1S/C26H27N3O5S/c1-2-34-24-8-4-3-6-22(24)26(31)27-20-10-12-21(13-11-20)35(32,33)28-15-18-14-19(17-28)23-7-5-9-25(30)29(23)16-18/h3-13,18-19H,2,14-17H2,1H3,(H,27,31). The number of aromatic nitrogens is 1. The molecule has 1 fully saturated rings. The number of hydrogen-bond acceptors (Lipinski definition) is 5. The molecule has 2 aromatic carbocycles. The van der Waals surface area contributed by atoms with Crippen LogP contribution in [-0.4, -0.2) is 42.9 Å². The Morgan fingerprint density at radius 2 is 1.77 bits per heavy atom. The van der Waals surface area contributed by atoms with Crippen LogP contribution in [0, 0.1) is 5.92 Å². The molecule has 2 bridgehead atoms. The maximum Gasteiger partial charge on any atom is 0.259 e. The van der Waals surface area contributed by atoms with E-state index in [-0.39, 0.29) is 28.2 Å². The molecule has 35 heavy (non-hydrogen) atoms. The molecule has 8 nitrogen and oxygen atoms in total. The summed E-state index contributed by atoms with van der Waals surface area (Å²) in [5, 5.41) is 2.80. The number of rotatable bonds is 6. The number of amides is 1. The van der Waals surface area contributed by atoms with E-state index in [1.165, 1.54) is 16.4 Å². The molecule has 1 saturated heterocycles. The van der Waals surface area contributed by atoms with Crippen LogP contribution in [0.3, 0.4) is 0 Å². The Balaban J connectivity index is 1.32.